The molecule has 1 aliphatic carbocycles. The fourth-order valence-electron chi connectivity index (χ4n) is 3.79. The molecule has 0 bridgehead atoms. The second-order valence-electron chi connectivity index (χ2n) is 7.35. The molecular weight excluding hydrogens is 338 g/mol. The predicted molar refractivity (Wildman–Crippen MR) is 95.1 cm³/mol. The Bertz CT molecular complexity index is 493. The molecule has 148 valence electrons. The van der Waals surface area contributed by atoms with Crippen LogP contribution in [0, 0.1) is 5.92 Å². The molecule has 8 nitrogen and oxygen atoms in total. The second-order valence-corrected chi connectivity index (χ2v) is 7.35. The topological polar surface area (TPSA) is 119 Å². The van der Waals surface area contributed by atoms with Gasteiger partial charge in [-0.3, -0.25) is 14.9 Å². The van der Waals surface area contributed by atoms with Crippen molar-refractivity contribution in [1.82, 2.24) is 15.8 Å². The molecular formula is C18H31N3O5. The number of carboxylic acid groups (broad SMARTS) is 1. The van der Waals surface area contributed by atoms with Crippen LogP contribution in [-0.4, -0.2) is 51.8 Å². The molecule has 0 unspecified atom stereocenters. The van der Waals surface area contributed by atoms with Gasteiger partial charge in [0.2, 0.25) is 0 Å². The Labute approximate surface area is 154 Å². The molecule has 1 saturated heterocycles. The molecule has 0 aromatic carbocycles. The van der Waals surface area contributed by atoms with Crippen LogP contribution in [0.25, 0.3) is 0 Å². The number of hydrazine groups is 1. The fourth-order valence-corrected chi connectivity index (χ4v) is 3.79. The van der Waals surface area contributed by atoms with E-state index in [9.17, 15) is 19.5 Å². The van der Waals surface area contributed by atoms with E-state index in [0.717, 1.165) is 44.9 Å². The Hall–Kier alpha value is -1.67. The summed E-state index contributed by atoms with van der Waals surface area (Å²) in [7, 11) is 0. The average molecular weight is 369 g/mol. The number of hydrogen-bond donors (Lipinski definition) is 4. The number of amides is 3. The molecule has 2 aliphatic rings. The van der Waals surface area contributed by atoms with Crippen molar-refractivity contribution in [3.63, 3.8) is 0 Å². The summed E-state index contributed by atoms with van der Waals surface area (Å²) in [5.41, 5.74) is 2.95. The van der Waals surface area contributed by atoms with Crippen molar-refractivity contribution >= 4 is 17.9 Å². The minimum atomic E-state index is -0.794. The van der Waals surface area contributed by atoms with Crippen LogP contribution in [0.1, 0.15) is 70.6 Å². The molecule has 1 saturated carbocycles. The quantitative estimate of drug-likeness (QED) is 0.326. The Balaban J connectivity index is 1.73. The van der Waals surface area contributed by atoms with Crippen LogP contribution >= 0.6 is 0 Å². The number of rotatable bonds is 11. The van der Waals surface area contributed by atoms with E-state index in [-0.39, 0.29) is 24.8 Å². The number of nitrogens with one attached hydrogen (secondary N) is 2. The smallest absolute Gasteiger partial charge is 0.339 e. The average Bonchev–Trinajstić information content (AvgIpc) is 2.89. The number of aliphatic carboxylic acids is 1. The van der Waals surface area contributed by atoms with Gasteiger partial charge in [-0.15, -0.1) is 0 Å². The summed E-state index contributed by atoms with van der Waals surface area (Å²) in [6.07, 6.45) is 8.66. The highest BCUT2D eigenvalue weighted by atomic mass is 16.4. The van der Waals surface area contributed by atoms with Gasteiger partial charge in [0.25, 0.3) is 5.91 Å². The van der Waals surface area contributed by atoms with E-state index in [4.69, 9.17) is 5.11 Å². The van der Waals surface area contributed by atoms with E-state index in [1.165, 1.54) is 11.4 Å². The number of hydrogen-bond acceptors (Lipinski definition) is 5. The second kappa shape index (κ2) is 10.5. The molecule has 4 N–H and O–H groups in total. The molecule has 0 radical (unpaired) electrons. The number of aliphatic hydroxyl groups is 1. The molecule has 2 rings (SSSR count). The lowest BCUT2D eigenvalue weighted by atomic mass is 9.85. The number of nitrogens with zero attached hydrogens (tertiary/aromatic N) is 1. The standard InChI is InChI=1S/C18H31N3O5/c22-15(13-8-4-3-5-9-13)12-19-21-14(17(25)20-18(21)26)10-6-1-2-7-11-16(23)24/h13-15,19,22H,1-12H2,(H,23,24)(H,20,25,26)/t14-,15-/m0/s1. The maximum atomic E-state index is 12.0. The molecule has 2 atom stereocenters. The highest BCUT2D eigenvalue weighted by Crippen LogP contribution is 2.26. The number of aliphatic hydroxyl groups excluding tert-OH is 1. The normalized spacial score (nSPS) is 22.5. The summed E-state index contributed by atoms with van der Waals surface area (Å²) in [5.74, 6) is -0.858. The van der Waals surface area contributed by atoms with Crippen molar-refractivity contribution in [2.75, 3.05) is 6.54 Å². The zero-order valence-corrected chi connectivity index (χ0v) is 15.3. The maximum Gasteiger partial charge on any atom is 0.339 e. The first kappa shape index (κ1) is 20.6. The molecule has 2 fully saturated rings. The largest absolute Gasteiger partial charge is 0.481 e. The summed E-state index contributed by atoms with van der Waals surface area (Å²) in [5, 5.41) is 22.6. The van der Waals surface area contributed by atoms with E-state index >= 15 is 0 Å². The van der Waals surface area contributed by atoms with Crippen molar-refractivity contribution in [2.24, 2.45) is 5.92 Å². The SMILES string of the molecule is O=C(O)CCCCCC[C@H]1C(=O)NC(=O)N1NC[C@H](O)C1CCCCC1. The van der Waals surface area contributed by atoms with Crippen LogP contribution in [0.4, 0.5) is 4.79 Å². The maximum absolute atomic E-state index is 12.0. The van der Waals surface area contributed by atoms with Crippen LogP contribution in [0.2, 0.25) is 0 Å². The van der Waals surface area contributed by atoms with Gasteiger partial charge in [-0.2, -0.15) is 0 Å². The Kier molecular flexibility index (Phi) is 8.31. The van der Waals surface area contributed by atoms with Gasteiger partial charge in [-0.05, 0) is 31.6 Å². The summed E-state index contributed by atoms with van der Waals surface area (Å²) < 4.78 is 0. The number of urea groups is 1. The molecule has 8 heteroatoms. The molecule has 3 amide bonds. The van der Waals surface area contributed by atoms with Gasteiger partial charge < -0.3 is 10.2 Å². The van der Waals surface area contributed by atoms with Crippen LogP contribution in [0.3, 0.4) is 0 Å². The van der Waals surface area contributed by atoms with Crippen molar-refractivity contribution in [1.29, 1.82) is 0 Å². The third-order valence-corrected chi connectivity index (χ3v) is 5.35. The van der Waals surface area contributed by atoms with Crippen LogP contribution < -0.4 is 10.7 Å². The molecule has 1 heterocycles. The molecule has 1 aliphatic heterocycles. The highest BCUT2D eigenvalue weighted by molar-refractivity contribution is 6.03. The summed E-state index contributed by atoms with van der Waals surface area (Å²) >= 11 is 0. The first-order chi connectivity index (χ1) is 12.5. The minimum absolute atomic E-state index is 0.162. The molecule has 0 aromatic rings. The third kappa shape index (κ3) is 6.25. The van der Waals surface area contributed by atoms with E-state index in [2.05, 4.69) is 10.7 Å². The number of carbonyl (C=O) groups excluding carboxylic acids is 2. The summed E-state index contributed by atoms with van der Waals surface area (Å²) in [6.45, 7) is 0.264. The number of unbranched alkanes of at least 4 members (excludes halogenated alkanes) is 3. The van der Waals surface area contributed by atoms with Crippen molar-refractivity contribution in [3.8, 4) is 0 Å². The summed E-state index contributed by atoms with van der Waals surface area (Å²) in [4.78, 5) is 34.5. The fraction of sp³-hybridized carbons (Fsp3) is 0.833. The highest BCUT2D eigenvalue weighted by Gasteiger charge is 2.38. The summed E-state index contributed by atoms with van der Waals surface area (Å²) in [6, 6.07) is -1.04. The first-order valence-electron chi connectivity index (χ1n) is 9.76. The van der Waals surface area contributed by atoms with Crippen LogP contribution in [0.15, 0.2) is 0 Å². The van der Waals surface area contributed by atoms with Gasteiger partial charge in [0.05, 0.1) is 6.10 Å². The van der Waals surface area contributed by atoms with Gasteiger partial charge in [0.15, 0.2) is 0 Å². The Morgan fingerprint density at radius 3 is 2.54 bits per heavy atom. The molecule has 0 spiro atoms. The lowest BCUT2D eigenvalue weighted by Gasteiger charge is -2.29. The first-order valence-corrected chi connectivity index (χ1v) is 9.76. The van der Waals surface area contributed by atoms with E-state index < -0.39 is 24.1 Å². The van der Waals surface area contributed by atoms with Gasteiger partial charge in [0, 0.05) is 13.0 Å². The van der Waals surface area contributed by atoms with Crippen LogP contribution in [0.5, 0.6) is 0 Å². The van der Waals surface area contributed by atoms with Crippen molar-refractivity contribution < 1.29 is 24.6 Å². The lowest BCUT2D eigenvalue weighted by molar-refractivity contribution is -0.137. The minimum Gasteiger partial charge on any atom is -0.481 e. The number of imide groups is 1. The van der Waals surface area contributed by atoms with Gasteiger partial charge in [-0.25, -0.2) is 15.2 Å². The lowest BCUT2D eigenvalue weighted by Crippen LogP contribution is -2.49. The Morgan fingerprint density at radius 1 is 1.15 bits per heavy atom. The van der Waals surface area contributed by atoms with Crippen LogP contribution in [-0.2, 0) is 9.59 Å². The predicted octanol–water partition coefficient (Wildman–Crippen LogP) is 1.78. The monoisotopic (exact) mass is 369 g/mol. The van der Waals surface area contributed by atoms with E-state index in [0.29, 0.717) is 12.8 Å². The van der Waals surface area contributed by atoms with E-state index in [1.54, 1.807) is 0 Å². The molecule has 0 aromatic heterocycles. The van der Waals surface area contributed by atoms with Crippen molar-refractivity contribution in [3.05, 3.63) is 0 Å². The Morgan fingerprint density at radius 2 is 1.85 bits per heavy atom. The number of carbonyl (C=O) groups is 3. The zero-order chi connectivity index (χ0) is 18.9. The van der Waals surface area contributed by atoms with Gasteiger partial charge in [0.1, 0.15) is 6.04 Å². The number of carboxylic acids is 1. The van der Waals surface area contributed by atoms with Gasteiger partial charge >= 0.3 is 12.0 Å². The third-order valence-electron chi connectivity index (χ3n) is 5.35. The molecule has 26 heavy (non-hydrogen) atoms. The van der Waals surface area contributed by atoms with E-state index in [1.807, 2.05) is 0 Å². The van der Waals surface area contributed by atoms with Crippen molar-refractivity contribution in [2.45, 2.75) is 82.8 Å². The van der Waals surface area contributed by atoms with Gasteiger partial charge in [-0.1, -0.05) is 38.5 Å². The zero-order valence-electron chi connectivity index (χ0n) is 15.3.